The van der Waals surface area contributed by atoms with Crippen molar-refractivity contribution < 1.29 is 14.8 Å². The molecule has 0 radical (unpaired) electrons. The van der Waals surface area contributed by atoms with Crippen LogP contribution in [0.25, 0.3) is 0 Å². The van der Waals surface area contributed by atoms with E-state index in [1.165, 1.54) is 0 Å². The molecular weight excluding hydrogens is 220 g/mol. The summed E-state index contributed by atoms with van der Waals surface area (Å²) in [5.74, 6) is -1.31. The first-order valence-corrected chi connectivity index (χ1v) is 4.11. The summed E-state index contributed by atoms with van der Waals surface area (Å²) in [6.07, 6.45) is 1.70. The standard InChI is InChI=1S/C7H8N4O5/c8-5(6(12)13)3-10-2-4(11(15)16)1-9-7(10)14/h1-2,5H,3,8H2,(H,12,13). The summed E-state index contributed by atoms with van der Waals surface area (Å²) in [5, 5.41) is 18.9. The smallest absolute Gasteiger partial charge is 0.348 e. The zero-order chi connectivity index (χ0) is 12.3. The van der Waals surface area contributed by atoms with Gasteiger partial charge in [0.1, 0.15) is 12.2 Å². The van der Waals surface area contributed by atoms with E-state index in [4.69, 9.17) is 10.8 Å². The Kier molecular flexibility index (Phi) is 3.30. The van der Waals surface area contributed by atoms with Crippen LogP contribution in [-0.2, 0) is 11.3 Å². The average Bonchev–Trinajstić information content (AvgIpc) is 2.20. The molecule has 9 heteroatoms. The summed E-state index contributed by atoms with van der Waals surface area (Å²) in [6, 6.07) is -1.32. The van der Waals surface area contributed by atoms with Crippen molar-refractivity contribution in [3.8, 4) is 0 Å². The van der Waals surface area contributed by atoms with Crippen LogP contribution < -0.4 is 11.4 Å². The Morgan fingerprint density at radius 1 is 1.75 bits per heavy atom. The van der Waals surface area contributed by atoms with E-state index >= 15 is 0 Å². The van der Waals surface area contributed by atoms with Gasteiger partial charge in [-0.15, -0.1) is 0 Å². The molecule has 0 spiro atoms. The molecule has 0 fully saturated rings. The maximum absolute atomic E-state index is 11.1. The van der Waals surface area contributed by atoms with Crippen molar-refractivity contribution in [3.05, 3.63) is 33.0 Å². The van der Waals surface area contributed by atoms with Gasteiger partial charge in [0.2, 0.25) is 0 Å². The Hall–Kier alpha value is -2.29. The van der Waals surface area contributed by atoms with Crippen LogP contribution >= 0.6 is 0 Å². The van der Waals surface area contributed by atoms with Gasteiger partial charge in [0.05, 0.1) is 17.7 Å². The number of hydrogen-bond acceptors (Lipinski definition) is 6. The van der Waals surface area contributed by atoms with Crippen LogP contribution in [-0.4, -0.2) is 31.6 Å². The Morgan fingerprint density at radius 2 is 2.38 bits per heavy atom. The SMILES string of the molecule is NC(Cn1cc([N+](=O)[O-])cnc1=O)C(=O)O. The number of nitro groups is 1. The zero-order valence-corrected chi connectivity index (χ0v) is 7.94. The molecule has 0 amide bonds. The monoisotopic (exact) mass is 228 g/mol. The molecular formula is C7H8N4O5. The lowest BCUT2D eigenvalue weighted by Crippen LogP contribution is -2.38. The third-order valence-electron chi connectivity index (χ3n) is 1.76. The second-order valence-electron chi connectivity index (χ2n) is 2.95. The van der Waals surface area contributed by atoms with E-state index in [1.807, 2.05) is 0 Å². The number of aliphatic carboxylic acids is 1. The predicted molar refractivity (Wildman–Crippen MR) is 50.8 cm³/mol. The number of aromatic nitrogens is 2. The van der Waals surface area contributed by atoms with Gasteiger partial charge in [0, 0.05) is 0 Å². The molecule has 0 aromatic carbocycles. The zero-order valence-electron chi connectivity index (χ0n) is 7.94. The lowest BCUT2D eigenvalue weighted by molar-refractivity contribution is -0.385. The number of nitrogens with zero attached hydrogens (tertiary/aromatic N) is 3. The molecule has 16 heavy (non-hydrogen) atoms. The third kappa shape index (κ3) is 2.60. The summed E-state index contributed by atoms with van der Waals surface area (Å²) in [7, 11) is 0. The normalized spacial score (nSPS) is 12.1. The highest BCUT2D eigenvalue weighted by Crippen LogP contribution is 2.04. The summed E-state index contributed by atoms with van der Waals surface area (Å²) in [6.45, 7) is -0.372. The predicted octanol–water partition coefficient (Wildman–Crippen LogP) is -1.44. The molecule has 0 bridgehead atoms. The first-order valence-electron chi connectivity index (χ1n) is 4.11. The lowest BCUT2D eigenvalue weighted by Gasteiger charge is -2.07. The molecule has 1 unspecified atom stereocenters. The summed E-state index contributed by atoms with van der Waals surface area (Å²) in [4.78, 5) is 34.4. The molecule has 3 N–H and O–H groups in total. The van der Waals surface area contributed by atoms with Gasteiger partial charge < -0.3 is 10.8 Å². The maximum atomic E-state index is 11.1. The largest absolute Gasteiger partial charge is 0.480 e. The number of rotatable bonds is 4. The number of hydrogen-bond donors (Lipinski definition) is 2. The van der Waals surface area contributed by atoms with Crippen molar-refractivity contribution in [1.82, 2.24) is 9.55 Å². The first-order chi connectivity index (χ1) is 7.41. The van der Waals surface area contributed by atoms with Crippen molar-refractivity contribution in [3.63, 3.8) is 0 Å². The maximum Gasteiger partial charge on any atom is 0.348 e. The van der Waals surface area contributed by atoms with E-state index in [-0.39, 0.29) is 6.54 Å². The minimum Gasteiger partial charge on any atom is -0.480 e. The molecule has 0 aliphatic heterocycles. The van der Waals surface area contributed by atoms with Crippen LogP contribution in [0.2, 0.25) is 0 Å². The summed E-state index contributed by atoms with van der Waals surface area (Å²) in [5.41, 5.74) is 3.99. The molecule has 1 rings (SSSR count). The minimum absolute atomic E-state index is 0.372. The van der Waals surface area contributed by atoms with Crippen LogP contribution in [0.15, 0.2) is 17.2 Å². The highest BCUT2D eigenvalue weighted by atomic mass is 16.6. The van der Waals surface area contributed by atoms with Crippen LogP contribution in [0, 0.1) is 10.1 Å². The Bertz CT molecular complexity index is 482. The molecule has 0 aliphatic rings. The fourth-order valence-electron chi connectivity index (χ4n) is 0.959. The van der Waals surface area contributed by atoms with Gasteiger partial charge in [-0.05, 0) is 0 Å². The van der Waals surface area contributed by atoms with Crippen molar-refractivity contribution in [1.29, 1.82) is 0 Å². The van der Waals surface area contributed by atoms with Gasteiger partial charge in [-0.3, -0.25) is 19.5 Å². The molecule has 86 valence electrons. The number of carboxylic acid groups (broad SMARTS) is 1. The minimum atomic E-state index is -1.32. The van der Waals surface area contributed by atoms with Crippen LogP contribution in [0.4, 0.5) is 5.69 Å². The Morgan fingerprint density at radius 3 is 2.88 bits per heavy atom. The van der Waals surface area contributed by atoms with Gasteiger partial charge in [-0.25, -0.2) is 4.79 Å². The van der Waals surface area contributed by atoms with Crippen LogP contribution in [0.1, 0.15) is 0 Å². The fraction of sp³-hybridized carbons (Fsp3) is 0.286. The van der Waals surface area contributed by atoms with Gasteiger partial charge in [-0.1, -0.05) is 0 Å². The highest BCUT2D eigenvalue weighted by molar-refractivity contribution is 5.72. The molecule has 0 saturated carbocycles. The van der Waals surface area contributed by atoms with Crippen molar-refractivity contribution in [2.24, 2.45) is 5.73 Å². The summed E-state index contributed by atoms with van der Waals surface area (Å²) < 4.78 is 0.789. The van der Waals surface area contributed by atoms with E-state index in [0.29, 0.717) is 0 Å². The third-order valence-corrected chi connectivity index (χ3v) is 1.76. The molecule has 1 atom stereocenters. The molecule has 1 heterocycles. The molecule has 1 aromatic rings. The van der Waals surface area contributed by atoms with Crippen molar-refractivity contribution in [2.75, 3.05) is 0 Å². The molecule has 0 saturated heterocycles. The average molecular weight is 228 g/mol. The van der Waals surface area contributed by atoms with E-state index in [2.05, 4.69) is 4.98 Å². The van der Waals surface area contributed by atoms with Crippen LogP contribution in [0.5, 0.6) is 0 Å². The number of carboxylic acids is 1. The van der Waals surface area contributed by atoms with Gasteiger partial charge in [-0.2, -0.15) is 4.98 Å². The number of nitrogens with two attached hydrogens (primary N) is 1. The van der Waals surface area contributed by atoms with Crippen LogP contribution in [0.3, 0.4) is 0 Å². The van der Waals surface area contributed by atoms with E-state index in [1.54, 1.807) is 0 Å². The lowest BCUT2D eigenvalue weighted by atomic mass is 10.3. The van der Waals surface area contributed by atoms with Gasteiger partial charge in [0.15, 0.2) is 0 Å². The quantitative estimate of drug-likeness (QED) is 0.474. The molecule has 0 aliphatic carbocycles. The topological polar surface area (TPSA) is 141 Å². The Labute approximate surface area is 88.3 Å². The van der Waals surface area contributed by atoms with Crippen molar-refractivity contribution >= 4 is 11.7 Å². The first kappa shape index (κ1) is 11.8. The highest BCUT2D eigenvalue weighted by Gasteiger charge is 2.15. The van der Waals surface area contributed by atoms with Gasteiger partial charge >= 0.3 is 17.3 Å². The number of carbonyl (C=O) groups is 1. The van der Waals surface area contributed by atoms with E-state index in [0.717, 1.165) is 17.0 Å². The molecule has 9 nitrogen and oxygen atoms in total. The second kappa shape index (κ2) is 4.49. The Balaban J connectivity index is 3.03. The fourth-order valence-corrected chi connectivity index (χ4v) is 0.959. The summed E-state index contributed by atoms with van der Waals surface area (Å²) >= 11 is 0. The van der Waals surface area contributed by atoms with Gasteiger partial charge in [0.25, 0.3) is 0 Å². The van der Waals surface area contributed by atoms with E-state index < -0.39 is 28.3 Å². The van der Waals surface area contributed by atoms with E-state index in [9.17, 15) is 19.7 Å². The molecule has 1 aromatic heterocycles. The van der Waals surface area contributed by atoms with Crippen molar-refractivity contribution in [2.45, 2.75) is 12.6 Å². The second-order valence-corrected chi connectivity index (χ2v) is 2.95.